The Balaban J connectivity index is 3.33. The molecule has 1 aromatic carbocycles. The minimum absolute atomic E-state index is 0.0735. The number of carboxylic acids is 1. The fourth-order valence-electron chi connectivity index (χ4n) is 0.821. The molecule has 4 heteroatoms. The van der Waals surface area contributed by atoms with Crippen molar-refractivity contribution in [2.24, 2.45) is 0 Å². The van der Waals surface area contributed by atoms with Gasteiger partial charge in [-0.3, -0.25) is 0 Å². The lowest BCUT2D eigenvalue weighted by molar-refractivity contribution is 0.0697. The summed E-state index contributed by atoms with van der Waals surface area (Å²) in [6.07, 6.45) is 0. The van der Waals surface area contributed by atoms with Gasteiger partial charge in [-0.25, -0.2) is 9.18 Å². The van der Waals surface area contributed by atoms with Crippen LogP contribution in [-0.2, 0) is 0 Å². The van der Waals surface area contributed by atoms with Crippen molar-refractivity contribution in [2.75, 3.05) is 0 Å². The lowest BCUT2D eigenvalue weighted by Gasteiger charge is -2.00. The molecule has 0 atom stereocenters. The third-order valence-electron chi connectivity index (χ3n) is 1.48. The number of aromatic carboxylic acids is 1. The van der Waals surface area contributed by atoms with Crippen molar-refractivity contribution in [1.82, 2.24) is 0 Å². The first-order valence-electron chi connectivity index (χ1n) is 3.21. The van der Waals surface area contributed by atoms with Crippen LogP contribution in [0, 0.1) is 12.7 Å². The molecule has 1 rings (SSSR count). The van der Waals surface area contributed by atoms with Gasteiger partial charge < -0.3 is 5.11 Å². The zero-order valence-electron chi connectivity index (χ0n) is 6.27. The van der Waals surface area contributed by atoms with Gasteiger partial charge in [-0.2, -0.15) is 0 Å². The standard InChI is InChI=1S/C8H6ClFO2/c1-4-2-5(8(11)12)6(9)3-7(4)10/h2-3H,1H3,(H,11,12). The minimum Gasteiger partial charge on any atom is -0.478 e. The summed E-state index contributed by atoms with van der Waals surface area (Å²) in [5, 5.41) is 8.50. The average Bonchev–Trinajstić information content (AvgIpc) is 1.96. The third-order valence-corrected chi connectivity index (χ3v) is 1.79. The summed E-state index contributed by atoms with van der Waals surface area (Å²) in [6, 6.07) is 2.21. The Bertz CT molecular complexity index is 336. The summed E-state index contributed by atoms with van der Waals surface area (Å²) >= 11 is 5.48. The van der Waals surface area contributed by atoms with E-state index in [2.05, 4.69) is 0 Å². The second-order valence-corrected chi connectivity index (χ2v) is 2.79. The van der Waals surface area contributed by atoms with Crippen molar-refractivity contribution >= 4 is 17.6 Å². The van der Waals surface area contributed by atoms with Crippen LogP contribution in [0.25, 0.3) is 0 Å². The fraction of sp³-hybridized carbons (Fsp3) is 0.125. The molecule has 0 aliphatic rings. The van der Waals surface area contributed by atoms with Gasteiger partial charge in [0.25, 0.3) is 0 Å². The SMILES string of the molecule is Cc1cc(C(=O)O)c(Cl)cc1F. The van der Waals surface area contributed by atoms with Gasteiger partial charge in [-0.15, -0.1) is 0 Å². The molecule has 0 aliphatic carbocycles. The molecule has 0 bridgehead atoms. The van der Waals surface area contributed by atoms with Crippen LogP contribution < -0.4 is 0 Å². The quantitative estimate of drug-likeness (QED) is 0.735. The predicted octanol–water partition coefficient (Wildman–Crippen LogP) is 2.49. The number of halogens is 2. The number of benzene rings is 1. The summed E-state index contributed by atoms with van der Waals surface area (Å²) in [7, 11) is 0. The zero-order valence-corrected chi connectivity index (χ0v) is 7.02. The van der Waals surface area contributed by atoms with Crippen LogP contribution in [0.5, 0.6) is 0 Å². The van der Waals surface area contributed by atoms with E-state index in [0.29, 0.717) is 0 Å². The third kappa shape index (κ3) is 1.56. The molecule has 0 spiro atoms. The Kier molecular flexibility index (Phi) is 2.33. The number of carboxylic acid groups (broad SMARTS) is 1. The average molecular weight is 189 g/mol. The van der Waals surface area contributed by atoms with Crippen molar-refractivity contribution in [2.45, 2.75) is 6.92 Å². The Hall–Kier alpha value is -1.09. The molecule has 0 unspecified atom stereocenters. The van der Waals surface area contributed by atoms with Gasteiger partial charge in [-0.05, 0) is 24.6 Å². The number of rotatable bonds is 1. The molecule has 0 fully saturated rings. The van der Waals surface area contributed by atoms with Crippen LogP contribution in [-0.4, -0.2) is 11.1 Å². The molecule has 0 aliphatic heterocycles. The highest BCUT2D eigenvalue weighted by Gasteiger charge is 2.10. The number of carbonyl (C=O) groups is 1. The van der Waals surface area contributed by atoms with E-state index >= 15 is 0 Å². The highest BCUT2D eigenvalue weighted by atomic mass is 35.5. The molecule has 12 heavy (non-hydrogen) atoms. The molecular weight excluding hydrogens is 183 g/mol. The van der Waals surface area contributed by atoms with Crippen LogP contribution in [0.15, 0.2) is 12.1 Å². The second-order valence-electron chi connectivity index (χ2n) is 2.39. The van der Waals surface area contributed by atoms with Crippen LogP contribution in [0.1, 0.15) is 15.9 Å². The molecule has 2 nitrogen and oxygen atoms in total. The van der Waals surface area contributed by atoms with E-state index < -0.39 is 11.8 Å². The van der Waals surface area contributed by atoms with E-state index in [1.165, 1.54) is 13.0 Å². The Morgan fingerprint density at radius 2 is 2.17 bits per heavy atom. The van der Waals surface area contributed by atoms with E-state index in [9.17, 15) is 9.18 Å². The lowest BCUT2D eigenvalue weighted by atomic mass is 10.1. The Morgan fingerprint density at radius 1 is 1.58 bits per heavy atom. The van der Waals surface area contributed by atoms with Crippen molar-refractivity contribution in [3.63, 3.8) is 0 Å². The normalized spacial score (nSPS) is 9.92. The summed E-state index contributed by atoms with van der Waals surface area (Å²) in [4.78, 5) is 10.5. The lowest BCUT2D eigenvalue weighted by Crippen LogP contribution is -1.99. The topological polar surface area (TPSA) is 37.3 Å². The van der Waals surface area contributed by atoms with Gasteiger partial charge in [0, 0.05) is 0 Å². The van der Waals surface area contributed by atoms with Crippen molar-refractivity contribution in [3.8, 4) is 0 Å². The van der Waals surface area contributed by atoms with E-state index in [1.807, 2.05) is 0 Å². The zero-order chi connectivity index (χ0) is 9.30. The molecule has 1 N–H and O–H groups in total. The van der Waals surface area contributed by atoms with E-state index in [0.717, 1.165) is 6.07 Å². The smallest absolute Gasteiger partial charge is 0.337 e. The van der Waals surface area contributed by atoms with E-state index in [1.54, 1.807) is 0 Å². The molecule has 0 saturated carbocycles. The summed E-state index contributed by atoms with van der Waals surface area (Å²) in [5.41, 5.74) is 0.201. The molecule has 1 aromatic rings. The summed E-state index contributed by atoms with van der Waals surface area (Å²) < 4.78 is 12.7. The maximum Gasteiger partial charge on any atom is 0.337 e. The Morgan fingerprint density at radius 3 is 2.67 bits per heavy atom. The predicted molar refractivity (Wildman–Crippen MR) is 43.1 cm³/mol. The van der Waals surface area contributed by atoms with Crippen LogP contribution in [0.3, 0.4) is 0 Å². The molecule has 0 radical (unpaired) electrons. The Labute approximate surface area is 73.6 Å². The number of hydrogen-bond acceptors (Lipinski definition) is 1. The minimum atomic E-state index is -1.15. The molecule has 64 valence electrons. The maximum absolute atomic E-state index is 12.7. The van der Waals surface area contributed by atoms with Crippen molar-refractivity contribution in [3.05, 3.63) is 34.1 Å². The monoisotopic (exact) mass is 188 g/mol. The molecular formula is C8H6ClFO2. The fourth-order valence-corrected chi connectivity index (χ4v) is 1.05. The van der Waals surface area contributed by atoms with E-state index in [4.69, 9.17) is 16.7 Å². The van der Waals surface area contributed by atoms with Crippen molar-refractivity contribution < 1.29 is 14.3 Å². The highest BCUT2D eigenvalue weighted by molar-refractivity contribution is 6.33. The first-order valence-corrected chi connectivity index (χ1v) is 3.59. The van der Waals surface area contributed by atoms with Gasteiger partial charge in [0.05, 0.1) is 10.6 Å². The molecule has 0 amide bonds. The van der Waals surface area contributed by atoms with Gasteiger partial charge in [-0.1, -0.05) is 11.6 Å². The van der Waals surface area contributed by atoms with Crippen LogP contribution in [0.2, 0.25) is 5.02 Å². The first-order chi connectivity index (χ1) is 5.52. The van der Waals surface area contributed by atoms with Gasteiger partial charge in [0.1, 0.15) is 5.82 Å². The first kappa shape index (κ1) is 9.00. The highest BCUT2D eigenvalue weighted by Crippen LogP contribution is 2.19. The summed E-state index contributed by atoms with van der Waals surface area (Å²) in [5.74, 6) is -1.65. The maximum atomic E-state index is 12.7. The van der Waals surface area contributed by atoms with Crippen LogP contribution >= 0.6 is 11.6 Å². The van der Waals surface area contributed by atoms with Gasteiger partial charge in [0.15, 0.2) is 0 Å². The second kappa shape index (κ2) is 3.11. The van der Waals surface area contributed by atoms with Gasteiger partial charge >= 0.3 is 5.97 Å². The van der Waals surface area contributed by atoms with E-state index in [-0.39, 0.29) is 16.1 Å². The molecule has 0 saturated heterocycles. The van der Waals surface area contributed by atoms with Gasteiger partial charge in [0.2, 0.25) is 0 Å². The van der Waals surface area contributed by atoms with Crippen molar-refractivity contribution in [1.29, 1.82) is 0 Å². The largest absolute Gasteiger partial charge is 0.478 e. The molecule has 0 heterocycles. The summed E-state index contributed by atoms with van der Waals surface area (Å²) in [6.45, 7) is 1.48. The molecule has 0 aromatic heterocycles. The van der Waals surface area contributed by atoms with Crippen LogP contribution in [0.4, 0.5) is 4.39 Å². The number of aryl methyl sites for hydroxylation is 1. The number of hydrogen-bond donors (Lipinski definition) is 1.